The fourth-order valence-electron chi connectivity index (χ4n) is 1.61. The molecule has 2 N–H and O–H groups in total. The third kappa shape index (κ3) is 4.55. The lowest BCUT2D eigenvalue weighted by Crippen LogP contribution is -2.42. The van der Waals surface area contributed by atoms with Gasteiger partial charge in [0.2, 0.25) is 0 Å². The standard InChI is InChI=1S/C12H12F3NO5/c1-21-8-4-2-3-7(10(8)19)11(20)16(5-9(17)18)6-12(13,14)15/h2-4,19H,5-6H2,1H3,(H,17,18). The highest BCUT2D eigenvalue weighted by Crippen LogP contribution is 2.30. The monoisotopic (exact) mass is 307 g/mol. The van der Waals surface area contributed by atoms with Crippen LogP contribution in [0.1, 0.15) is 10.4 Å². The fraction of sp³-hybridized carbons (Fsp3) is 0.333. The Morgan fingerprint density at radius 1 is 1.33 bits per heavy atom. The number of phenolic OH excluding ortho intramolecular Hbond substituents is 1. The third-order valence-electron chi connectivity index (χ3n) is 2.43. The number of carbonyl (C=O) groups excluding carboxylic acids is 1. The molecule has 0 aromatic heterocycles. The van der Waals surface area contributed by atoms with Crippen LogP contribution in [-0.4, -0.2) is 53.4 Å². The third-order valence-corrected chi connectivity index (χ3v) is 2.43. The predicted molar refractivity (Wildman–Crippen MR) is 64.3 cm³/mol. The van der Waals surface area contributed by atoms with Gasteiger partial charge in [-0.2, -0.15) is 13.2 Å². The Labute approximate surface area is 117 Å². The Balaban J connectivity index is 3.13. The van der Waals surface area contributed by atoms with Crippen LogP contribution >= 0.6 is 0 Å². The van der Waals surface area contributed by atoms with Gasteiger partial charge in [-0.3, -0.25) is 9.59 Å². The summed E-state index contributed by atoms with van der Waals surface area (Å²) < 4.78 is 42.0. The zero-order valence-corrected chi connectivity index (χ0v) is 10.8. The Bertz CT molecular complexity index is 544. The number of carboxylic acids is 1. The zero-order chi connectivity index (χ0) is 16.2. The van der Waals surface area contributed by atoms with Crippen LogP contribution in [0.25, 0.3) is 0 Å². The van der Waals surface area contributed by atoms with Crippen LogP contribution in [0.15, 0.2) is 18.2 Å². The van der Waals surface area contributed by atoms with E-state index in [4.69, 9.17) is 9.84 Å². The van der Waals surface area contributed by atoms with E-state index in [1.54, 1.807) is 0 Å². The van der Waals surface area contributed by atoms with E-state index in [2.05, 4.69) is 0 Å². The Kier molecular flexibility index (Phi) is 5.01. The van der Waals surface area contributed by atoms with Crippen LogP contribution in [-0.2, 0) is 4.79 Å². The van der Waals surface area contributed by atoms with Gasteiger partial charge in [-0.05, 0) is 12.1 Å². The lowest BCUT2D eigenvalue weighted by molar-refractivity contribution is -0.149. The van der Waals surface area contributed by atoms with Gasteiger partial charge in [0.15, 0.2) is 11.5 Å². The van der Waals surface area contributed by atoms with Crippen molar-refractivity contribution in [2.45, 2.75) is 6.18 Å². The van der Waals surface area contributed by atoms with E-state index in [-0.39, 0.29) is 10.6 Å². The fourth-order valence-corrected chi connectivity index (χ4v) is 1.61. The number of benzene rings is 1. The summed E-state index contributed by atoms with van der Waals surface area (Å²) in [6.07, 6.45) is -4.76. The molecule has 0 radical (unpaired) electrons. The molecule has 0 aliphatic heterocycles. The second kappa shape index (κ2) is 6.33. The summed E-state index contributed by atoms with van der Waals surface area (Å²) in [6, 6.07) is 3.67. The van der Waals surface area contributed by atoms with Crippen molar-refractivity contribution in [2.24, 2.45) is 0 Å². The Morgan fingerprint density at radius 3 is 2.43 bits per heavy atom. The highest BCUT2D eigenvalue weighted by molar-refractivity contribution is 5.99. The smallest absolute Gasteiger partial charge is 0.406 e. The highest BCUT2D eigenvalue weighted by Gasteiger charge is 2.35. The first-order valence-corrected chi connectivity index (χ1v) is 5.59. The maximum atomic E-state index is 12.4. The number of carboxylic acid groups (broad SMARTS) is 1. The molecule has 0 heterocycles. The maximum Gasteiger partial charge on any atom is 0.406 e. The van der Waals surface area contributed by atoms with Crippen molar-refractivity contribution in [2.75, 3.05) is 20.2 Å². The SMILES string of the molecule is COc1cccc(C(=O)N(CC(=O)O)CC(F)(F)F)c1O. The molecule has 116 valence electrons. The molecule has 0 fully saturated rings. The number of rotatable bonds is 5. The molecule has 0 bridgehead atoms. The molecule has 9 heteroatoms. The van der Waals surface area contributed by atoms with Crippen LogP contribution in [0, 0.1) is 0 Å². The summed E-state index contributed by atoms with van der Waals surface area (Å²) >= 11 is 0. The van der Waals surface area contributed by atoms with Crippen molar-refractivity contribution in [3.8, 4) is 11.5 Å². The first kappa shape index (κ1) is 16.6. The van der Waals surface area contributed by atoms with E-state index < -0.39 is 42.5 Å². The van der Waals surface area contributed by atoms with Gasteiger partial charge in [0.25, 0.3) is 5.91 Å². The van der Waals surface area contributed by atoms with E-state index >= 15 is 0 Å². The number of hydrogen-bond donors (Lipinski definition) is 2. The number of aliphatic carboxylic acids is 1. The first-order valence-electron chi connectivity index (χ1n) is 5.59. The summed E-state index contributed by atoms with van der Waals surface area (Å²) in [6.45, 7) is -2.89. The van der Waals surface area contributed by atoms with Gasteiger partial charge in [0, 0.05) is 0 Å². The molecule has 6 nitrogen and oxygen atoms in total. The van der Waals surface area contributed by atoms with E-state index in [0.717, 1.165) is 6.07 Å². The number of alkyl halides is 3. The van der Waals surface area contributed by atoms with Crippen LogP contribution in [0.5, 0.6) is 11.5 Å². The lowest BCUT2D eigenvalue weighted by atomic mass is 10.1. The second-order valence-corrected chi connectivity index (χ2v) is 4.03. The summed E-state index contributed by atoms with van der Waals surface area (Å²) in [4.78, 5) is 22.7. The predicted octanol–water partition coefficient (Wildman–Crippen LogP) is 1.49. The molecule has 0 atom stereocenters. The number of para-hydroxylation sites is 1. The molecule has 0 saturated heterocycles. The minimum atomic E-state index is -4.76. The van der Waals surface area contributed by atoms with Crippen molar-refractivity contribution < 1.29 is 37.7 Å². The summed E-state index contributed by atoms with van der Waals surface area (Å²) in [5, 5.41) is 18.3. The minimum absolute atomic E-state index is 0.0802. The summed E-state index contributed by atoms with van der Waals surface area (Å²) in [5.74, 6) is -3.62. The van der Waals surface area contributed by atoms with Gasteiger partial charge < -0.3 is 19.8 Å². The molecule has 1 amide bonds. The van der Waals surface area contributed by atoms with Gasteiger partial charge in [0.05, 0.1) is 12.7 Å². The minimum Gasteiger partial charge on any atom is -0.504 e. The molecule has 21 heavy (non-hydrogen) atoms. The van der Waals surface area contributed by atoms with E-state index in [9.17, 15) is 27.9 Å². The lowest BCUT2D eigenvalue weighted by Gasteiger charge is -2.22. The quantitative estimate of drug-likeness (QED) is 0.860. The molecule has 0 saturated carbocycles. The van der Waals surface area contributed by atoms with Crippen molar-refractivity contribution in [3.05, 3.63) is 23.8 Å². The number of amides is 1. The largest absolute Gasteiger partial charge is 0.504 e. The number of methoxy groups -OCH3 is 1. The summed E-state index contributed by atoms with van der Waals surface area (Å²) in [5.41, 5.74) is -0.472. The van der Waals surface area contributed by atoms with Gasteiger partial charge in [-0.25, -0.2) is 0 Å². The Morgan fingerprint density at radius 2 is 1.95 bits per heavy atom. The Hall–Kier alpha value is -2.45. The van der Waals surface area contributed by atoms with Crippen molar-refractivity contribution in [3.63, 3.8) is 0 Å². The molecular formula is C12H12F3NO5. The van der Waals surface area contributed by atoms with E-state index in [0.29, 0.717) is 0 Å². The van der Waals surface area contributed by atoms with Crippen molar-refractivity contribution >= 4 is 11.9 Å². The summed E-state index contributed by atoms with van der Waals surface area (Å²) in [7, 11) is 1.20. The topological polar surface area (TPSA) is 87.1 Å². The molecule has 0 aliphatic rings. The number of hydrogen-bond acceptors (Lipinski definition) is 4. The number of halogens is 3. The number of phenols is 1. The molecular weight excluding hydrogens is 295 g/mol. The molecule has 1 rings (SSSR count). The average molecular weight is 307 g/mol. The highest BCUT2D eigenvalue weighted by atomic mass is 19.4. The molecule has 1 aromatic rings. The van der Waals surface area contributed by atoms with E-state index in [1.807, 2.05) is 0 Å². The van der Waals surface area contributed by atoms with Crippen molar-refractivity contribution in [1.82, 2.24) is 4.90 Å². The number of nitrogens with zero attached hydrogens (tertiary/aromatic N) is 1. The van der Waals surface area contributed by atoms with Crippen molar-refractivity contribution in [1.29, 1.82) is 0 Å². The first-order chi connectivity index (χ1) is 9.65. The van der Waals surface area contributed by atoms with Crippen LogP contribution in [0.2, 0.25) is 0 Å². The van der Waals surface area contributed by atoms with Crippen LogP contribution in [0.4, 0.5) is 13.2 Å². The molecule has 0 spiro atoms. The maximum absolute atomic E-state index is 12.4. The van der Waals surface area contributed by atoms with Gasteiger partial charge in [-0.1, -0.05) is 6.07 Å². The molecule has 1 aromatic carbocycles. The normalized spacial score (nSPS) is 11.0. The zero-order valence-electron chi connectivity index (χ0n) is 10.8. The number of aromatic hydroxyl groups is 1. The number of carbonyl (C=O) groups is 2. The average Bonchev–Trinajstić information content (AvgIpc) is 2.35. The van der Waals surface area contributed by atoms with E-state index in [1.165, 1.54) is 19.2 Å². The van der Waals surface area contributed by atoms with Gasteiger partial charge in [0.1, 0.15) is 13.1 Å². The van der Waals surface area contributed by atoms with Crippen LogP contribution < -0.4 is 4.74 Å². The molecule has 0 aliphatic carbocycles. The van der Waals surface area contributed by atoms with Crippen LogP contribution in [0.3, 0.4) is 0 Å². The van der Waals surface area contributed by atoms with Gasteiger partial charge >= 0.3 is 12.1 Å². The molecule has 0 unspecified atom stereocenters. The second-order valence-electron chi connectivity index (χ2n) is 4.03. The number of ether oxygens (including phenoxy) is 1. The van der Waals surface area contributed by atoms with Gasteiger partial charge in [-0.15, -0.1) is 0 Å².